The lowest BCUT2D eigenvalue weighted by Crippen LogP contribution is -2.47. The van der Waals surface area contributed by atoms with Crippen molar-refractivity contribution in [2.24, 2.45) is 0 Å². The molecule has 2 aromatic heterocycles. The number of likely N-dealkylation sites (tertiary alicyclic amines) is 1. The van der Waals surface area contributed by atoms with Gasteiger partial charge in [-0.25, -0.2) is 18.1 Å². The maximum atomic E-state index is 12.8. The number of aromatic nitrogens is 2. The van der Waals surface area contributed by atoms with Gasteiger partial charge in [-0.1, -0.05) is 29.8 Å². The van der Waals surface area contributed by atoms with Crippen LogP contribution >= 0.6 is 22.9 Å². The summed E-state index contributed by atoms with van der Waals surface area (Å²) in [5, 5.41) is 3.04. The van der Waals surface area contributed by atoms with Gasteiger partial charge in [0.1, 0.15) is 10.7 Å². The summed E-state index contributed by atoms with van der Waals surface area (Å²) in [6, 6.07) is 7.31. The highest BCUT2D eigenvalue weighted by Crippen LogP contribution is 2.34. The average molecular weight is 453 g/mol. The average Bonchev–Trinajstić information content (AvgIpc) is 3.05. The number of aromatic amines is 1. The monoisotopic (exact) mass is 452 g/mol. The minimum Gasteiger partial charge on any atom is -0.309 e. The van der Waals surface area contributed by atoms with E-state index >= 15 is 0 Å². The summed E-state index contributed by atoms with van der Waals surface area (Å²) < 4.78 is 25.7. The lowest BCUT2D eigenvalue weighted by molar-refractivity contribution is 0.190. The molecule has 1 fully saturated rings. The number of H-pyrrole nitrogens is 1. The Morgan fingerprint density at radius 2 is 2.14 bits per heavy atom. The molecule has 1 atom stereocenters. The normalized spacial score (nSPS) is 18.3. The third kappa shape index (κ3) is 4.70. The molecule has 154 valence electrons. The molecule has 1 aliphatic rings. The fourth-order valence-corrected chi connectivity index (χ4v) is 5.75. The first-order valence-electron chi connectivity index (χ1n) is 9.25. The Morgan fingerprint density at radius 3 is 2.90 bits per heavy atom. The third-order valence-corrected chi connectivity index (χ3v) is 6.88. The van der Waals surface area contributed by atoms with Gasteiger partial charge in [-0.05, 0) is 25.5 Å². The van der Waals surface area contributed by atoms with Crippen LogP contribution < -0.4 is 10.3 Å². The summed E-state index contributed by atoms with van der Waals surface area (Å²) in [6.45, 7) is 1.88. The number of hydrogen-bond donors (Lipinski definition) is 2. The van der Waals surface area contributed by atoms with Gasteiger partial charge in [0.25, 0.3) is 5.56 Å². The topological polar surface area (TPSA) is 95.2 Å². The highest BCUT2D eigenvalue weighted by Gasteiger charge is 2.23. The van der Waals surface area contributed by atoms with Crippen LogP contribution in [0.2, 0.25) is 5.02 Å². The summed E-state index contributed by atoms with van der Waals surface area (Å²) in [5.41, 5.74) is 1.40. The molecule has 0 bridgehead atoms. The fraction of sp³-hybridized carbons (Fsp3) is 0.368. The number of nitrogens with zero attached hydrogens (tertiary/aromatic N) is 2. The number of thiophene rings is 1. The number of fused-ring (bicyclic) bond motifs is 1. The standard InChI is InChI=1S/C19H21ClN4O3S2/c1-29(26,27)23-12-5-4-8-24(9-12)10-16-21-18(25)17-14(11-28-19(17)22-16)13-6-2-3-7-15(13)20/h2-3,6-7,11-12,23H,4-5,8-10H2,1H3,(H,21,22,25). The molecule has 10 heteroatoms. The lowest BCUT2D eigenvalue weighted by Gasteiger charge is -2.32. The number of hydrogen-bond acceptors (Lipinski definition) is 6. The van der Waals surface area contributed by atoms with Crippen molar-refractivity contribution in [3.63, 3.8) is 0 Å². The van der Waals surface area contributed by atoms with Gasteiger partial charge >= 0.3 is 0 Å². The Bertz CT molecular complexity index is 1210. The van der Waals surface area contributed by atoms with E-state index in [-0.39, 0.29) is 11.6 Å². The third-order valence-electron chi connectivity index (χ3n) is 4.92. The molecule has 7 nitrogen and oxygen atoms in total. The molecule has 0 radical (unpaired) electrons. The number of benzene rings is 1. The lowest BCUT2D eigenvalue weighted by atomic mass is 10.1. The molecule has 0 saturated carbocycles. The summed E-state index contributed by atoms with van der Waals surface area (Å²) in [5.74, 6) is 0.579. The number of piperidine rings is 1. The zero-order valence-electron chi connectivity index (χ0n) is 15.8. The van der Waals surface area contributed by atoms with E-state index in [1.165, 1.54) is 17.6 Å². The Balaban J connectivity index is 1.59. The molecule has 1 aromatic carbocycles. The summed E-state index contributed by atoms with van der Waals surface area (Å²) >= 11 is 7.72. The van der Waals surface area contributed by atoms with Crippen molar-refractivity contribution in [1.82, 2.24) is 19.6 Å². The second kappa shape index (κ2) is 8.16. The molecule has 3 aromatic rings. The minimum atomic E-state index is -3.24. The van der Waals surface area contributed by atoms with E-state index < -0.39 is 10.0 Å². The molecule has 1 aliphatic heterocycles. The number of nitrogens with one attached hydrogen (secondary N) is 2. The first kappa shape index (κ1) is 20.5. The van der Waals surface area contributed by atoms with Gasteiger partial charge in [-0.2, -0.15) is 0 Å². The molecule has 29 heavy (non-hydrogen) atoms. The van der Waals surface area contributed by atoms with Crippen LogP contribution in [-0.2, 0) is 16.6 Å². The van der Waals surface area contributed by atoms with E-state index in [1.807, 2.05) is 23.6 Å². The highest BCUT2D eigenvalue weighted by atomic mass is 35.5. The zero-order chi connectivity index (χ0) is 20.6. The van der Waals surface area contributed by atoms with E-state index in [9.17, 15) is 13.2 Å². The van der Waals surface area contributed by atoms with Crippen LogP contribution in [0.4, 0.5) is 0 Å². The van der Waals surface area contributed by atoms with Crippen molar-refractivity contribution in [1.29, 1.82) is 0 Å². The molecule has 3 heterocycles. The van der Waals surface area contributed by atoms with Gasteiger partial charge in [-0.3, -0.25) is 9.69 Å². The van der Waals surface area contributed by atoms with Crippen LogP contribution in [0.1, 0.15) is 18.7 Å². The van der Waals surface area contributed by atoms with E-state index in [2.05, 4.69) is 19.6 Å². The van der Waals surface area contributed by atoms with Crippen molar-refractivity contribution in [3.05, 3.63) is 50.8 Å². The van der Waals surface area contributed by atoms with Gasteiger partial charge in [-0.15, -0.1) is 11.3 Å². The molecular weight excluding hydrogens is 432 g/mol. The molecule has 0 amide bonds. The first-order valence-corrected chi connectivity index (χ1v) is 12.4. The predicted octanol–water partition coefficient (Wildman–Crippen LogP) is 2.82. The highest BCUT2D eigenvalue weighted by molar-refractivity contribution is 7.88. The molecule has 0 aliphatic carbocycles. The van der Waals surface area contributed by atoms with Crippen LogP contribution in [0.3, 0.4) is 0 Å². The molecule has 1 unspecified atom stereocenters. The molecule has 4 rings (SSSR count). The Morgan fingerprint density at radius 1 is 1.34 bits per heavy atom. The maximum absolute atomic E-state index is 12.8. The second-order valence-corrected chi connectivity index (χ2v) is 10.3. The van der Waals surface area contributed by atoms with E-state index in [1.54, 1.807) is 6.07 Å². The summed E-state index contributed by atoms with van der Waals surface area (Å²) in [4.78, 5) is 23.1. The predicted molar refractivity (Wildman–Crippen MR) is 117 cm³/mol. The van der Waals surface area contributed by atoms with Gasteiger partial charge in [0.2, 0.25) is 10.0 Å². The number of rotatable bonds is 5. The Kier molecular flexibility index (Phi) is 5.76. The maximum Gasteiger partial charge on any atom is 0.260 e. The van der Waals surface area contributed by atoms with Crippen LogP contribution in [0.15, 0.2) is 34.4 Å². The fourth-order valence-electron chi connectivity index (χ4n) is 3.76. The van der Waals surface area contributed by atoms with Crippen molar-refractivity contribution in [2.45, 2.75) is 25.4 Å². The summed E-state index contributed by atoms with van der Waals surface area (Å²) in [6.07, 6.45) is 2.86. The largest absolute Gasteiger partial charge is 0.309 e. The second-order valence-electron chi connectivity index (χ2n) is 7.29. The van der Waals surface area contributed by atoms with Crippen molar-refractivity contribution in [3.8, 4) is 11.1 Å². The molecule has 2 N–H and O–H groups in total. The van der Waals surface area contributed by atoms with Gasteiger partial charge < -0.3 is 4.98 Å². The quantitative estimate of drug-likeness (QED) is 0.620. The van der Waals surface area contributed by atoms with E-state index in [0.29, 0.717) is 34.2 Å². The molecule has 0 spiro atoms. The summed E-state index contributed by atoms with van der Waals surface area (Å²) in [7, 11) is -3.24. The first-order chi connectivity index (χ1) is 13.8. The number of sulfonamides is 1. The van der Waals surface area contributed by atoms with Gasteiger partial charge in [0.05, 0.1) is 18.2 Å². The number of halogens is 1. The van der Waals surface area contributed by atoms with Gasteiger partial charge in [0, 0.05) is 34.1 Å². The van der Waals surface area contributed by atoms with Crippen LogP contribution in [0.25, 0.3) is 21.3 Å². The molecular formula is C19H21ClN4O3S2. The smallest absolute Gasteiger partial charge is 0.260 e. The van der Waals surface area contributed by atoms with Crippen molar-refractivity contribution >= 4 is 43.2 Å². The zero-order valence-corrected chi connectivity index (χ0v) is 18.2. The minimum absolute atomic E-state index is 0.122. The van der Waals surface area contributed by atoms with E-state index in [4.69, 9.17) is 11.6 Å². The van der Waals surface area contributed by atoms with Gasteiger partial charge in [0.15, 0.2) is 0 Å². The Hall–Kier alpha value is -1.78. The van der Waals surface area contributed by atoms with Crippen LogP contribution in [0, 0.1) is 0 Å². The van der Waals surface area contributed by atoms with Crippen LogP contribution in [-0.4, -0.2) is 48.7 Å². The molecule has 1 saturated heterocycles. The Labute approximate surface area is 177 Å². The van der Waals surface area contributed by atoms with Crippen molar-refractivity contribution < 1.29 is 8.42 Å². The van der Waals surface area contributed by atoms with Crippen molar-refractivity contribution in [2.75, 3.05) is 19.3 Å². The van der Waals surface area contributed by atoms with Crippen LogP contribution in [0.5, 0.6) is 0 Å². The van der Waals surface area contributed by atoms with E-state index in [0.717, 1.165) is 30.5 Å². The SMILES string of the molecule is CS(=O)(=O)NC1CCCN(Cc2nc3scc(-c4ccccc4Cl)c3c(=O)[nH]2)C1.